The number of alkyl halides is 3. The molecule has 0 aliphatic heterocycles. The van der Waals surface area contributed by atoms with Crippen LogP contribution in [0, 0.1) is 0 Å². The second-order valence-corrected chi connectivity index (χ2v) is 3.12. The number of carboxylic acid groups (broad SMARTS) is 1. The summed E-state index contributed by atoms with van der Waals surface area (Å²) >= 11 is 0. The summed E-state index contributed by atoms with van der Waals surface area (Å²) in [5, 5.41) is 8.53. The molecule has 0 aliphatic rings. The van der Waals surface area contributed by atoms with E-state index in [1.165, 1.54) is 0 Å². The molecule has 0 aromatic carbocycles. The molecule has 0 amide bonds. The van der Waals surface area contributed by atoms with E-state index in [0.29, 0.717) is 0 Å². The molecule has 0 radical (unpaired) electrons. The van der Waals surface area contributed by atoms with Gasteiger partial charge in [-0.1, -0.05) is 0 Å². The number of aromatic nitrogens is 1. The van der Waals surface area contributed by atoms with Crippen molar-refractivity contribution in [2.75, 3.05) is 0 Å². The lowest BCUT2D eigenvalue weighted by molar-refractivity contribution is -0.136. The van der Waals surface area contributed by atoms with Gasteiger partial charge in [-0.15, -0.1) is 0 Å². The Morgan fingerprint density at radius 3 is 2.50 bits per heavy atom. The zero-order valence-corrected chi connectivity index (χ0v) is 7.99. The molecule has 1 rings (SSSR count). The maximum Gasteiger partial charge on any atom is 0.390 e. The largest absolute Gasteiger partial charge is 0.478 e. The van der Waals surface area contributed by atoms with E-state index in [4.69, 9.17) is 5.11 Å². The number of aromatic carboxylic acids is 1. The summed E-state index contributed by atoms with van der Waals surface area (Å²) in [5.74, 6) is -1.29. The van der Waals surface area contributed by atoms with Crippen LogP contribution in [0.2, 0.25) is 0 Å². The standard InChI is InChI=1S/C9H8F3NO3/c10-9(11,12)2-4-13-3-1-6(8(15)16)5-7(13)14/h1,3,5H,2,4H2,(H,15,16). The zero-order valence-electron chi connectivity index (χ0n) is 7.99. The van der Waals surface area contributed by atoms with Gasteiger partial charge in [0.25, 0.3) is 5.56 Å². The number of halogens is 3. The molecule has 4 nitrogen and oxygen atoms in total. The summed E-state index contributed by atoms with van der Waals surface area (Å²) in [7, 11) is 0. The highest BCUT2D eigenvalue weighted by molar-refractivity contribution is 5.87. The molecule has 88 valence electrons. The molecule has 0 saturated heterocycles. The molecule has 0 atom stereocenters. The summed E-state index contributed by atoms with van der Waals surface area (Å²) in [6.07, 6.45) is -4.43. The van der Waals surface area contributed by atoms with Gasteiger partial charge in [0, 0.05) is 18.8 Å². The third kappa shape index (κ3) is 3.41. The van der Waals surface area contributed by atoms with Gasteiger partial charge in [0.15, 0.2) is 0 Å². The SMILES string of the molecule is O=C(O)c1ccn(CCC(F)(F)F)c(=O)c1. The first kappa shape index (κ1) is 12.3. The van der Waals surface area contributed by atoms with Crippen LogP contribution in [0.4, 0.5) is 13.2 Å². The first-order valence-corrected chi connectivity index (χ1v) is 4.30. The number of carboxylic acids is 1. The molecular formula is C9H8F3NO3. The summed E-state index contributed by atoms with van der Waals surface area (Å²) in [6.45, 7) is -0.512. The Morgan fingerprint density at radius 2 is 2.06 bits per heavy atom. The molecule has 0 saturated carbocycles. The topological polar surface area (TPSA) is 59.3 Å². The van der Waals surface area contributed by atoms with Crippen LogP contribution in [0.3, 0.4) is 0 Å². The number of carbonyl (C=O) groups is 1. The van der Waals surface area contributed by atoms with E-state index in [-0.39, 0.29) is 5.56 Å². The van der Waals surface area contributed by atoms with Gasteiger partial charge in [-0.25, -0.2) is 4.79 Å². The predicted octanol–water partition coefficient (Wildman–Crippen LogP) is 1.50. The average Bonchev–Trinajstić information content (AvgIpc) is 2.14. The highest BCUT2D eigenvalue weighted by Crippen LogP contribution is 2.19. The van der Waals surface area contributed by atoms with Crippen molar-refractivity contribution >= 4 is 5.97 Å². The van der Waals surface area contributed by atoms with E-state index in [9.17, 15) is 22.8 Å². The smallest absolute Gasteiger partial charge is 0.390 e. The minimum Gasteiger partial charge on any atom is -0.478 e. The van der Waals surface area contributed by atoms with E-state index in [1.54, 1.807) is 0 Å². The predicted molar refractivity (Wildman–Crippen MR) is 48.3 cm³/mol. The minimum absolute atomic E-state index is 0.242. The normalized spacial score (nSPS) is 11.4. The van der Waals surface area contributed by atoms with Gasteiger partial charge in [0.1, 0.15) is 0 Å². The van der Waals surface area contributed by atoms with Crippen LogP contribution in [0.25, 0.3) is 0 Å². The Kier molecular flexibility index (Phi) is 3.36. The highest BCUT2D eigenvalue weighted by atomic mass is 19.4. The van der Waals surface area contributed by atoms with Crippen molar-refractivity contribution in [1.29, 1.82) is 0 Å². The number of hydrogen-bond acceptors (Lipinski definition) is 2. The van der Waals surface area contributed by atoms with Crippen LogP contribution in [0.15, 0.2) is 23.1 Å². The fraction of sp³-hybridized carbons (Fsp3) is 0.333. The van der Waals surface area contributed by atoms with Crippen molar-refractivity contribution in [2.45, 2.75) is 19.1 Å². The van der Waals surface area contributed by atoms with Crippen molar-refractivity contribution in [1.82, 2.24) is 4.57 Å². The van der Waals surface area contributed by atoms with E-state index in [0.717, 1.165) is 22.9 Å². The maximum atomic E-state index is 11.9. The van der Waals surface area contributed by atoms with Crippen molar-refractivity contribution < 1.29 is 23.1 Å². The number of nitrogens with zero attached hydrogens (tertiary/aromatic N) is 1. The maximum absolute atomic E-state index is 11.9. The fourth-order valence-corrected chi connectivity index (χ4v) is 1.07. The lowest BCUT2D eigenvalue weighted by Gasteiger charge is -2.08. The first-order chi connectivity index (χ1) is 7.29. The van der Waals surface area contributed by atoms with Crippen LogP contribution in [-0.4, -0.2) is 21.8 Å². The molecule has 1 aromatic heterocycles. The Hall–Kier alpha value is -1.79. The van der Waals surface area contributed by atoms with E-state index in [1.807, 2.05) is 0 Å². The summed E-state index contributed by atoms with van der Waals surface area (Å²) < 4.78 is 36.4. The van der Waals surface area contributed by atoms with Gasteiger partial charge in [-0.2, -0.15) is 13.2 Å². The van der Waals surface area contributed by atoms with E-state index >= 15 is 0 Å². The van der Waals surface area contributed by atoms with Crippen LogP contribution in [-0.2, 0) is 6.54 Å². The zero-order chi connectivity index (χ0) is 12.3. The monoisotopic (exact) mass is 235 g/mol. The van der Waals surface area contributed by atoms with Crippen molar-refractivity contribution in [3.63, 3.8) is 0 Å². The molecule has 0 aliphatic carbocycles. The summed E-state index contributed by atoms with van der Waals surface area (Å²) in [6, 6.07) is 1.87. The molecule has 16 heavy (non-hydrogen) atoms. The Bertz CT molecular complexity index is 450. The van der Waals surface area contributed by atoms with Crippen LogP contribution in [0.1, 0.15) is 16.8 Å². The Labute approximate surface area is 87.9 Å². The third-order valence-electron chi connectivity index (χ3n) is 1.88. The Morgan fingerprint density at radius 1 is 1.44 bits per heavy atom. The average molecular weight is 235 g/mol. The number of hydrogen-bond donors (Lipinski definition) is 1. The molecule has 0 spiro atoms. The van der Waals surface area contributed by atoms with E-state index in [2.05, 4.69) is 0 Å². The van der Waals surface area contributed by atoms with Gasteiger partial charge >= 0.3 is 12.1 Å². The van der Waals surface area contributed by atoms with Crippen molar-refractivity contribution in [3.05, 3.63) is 34.2 Å². The summed E-state index contributed by atoms with van der Waals surface area (Å²) in [5.41, 5.74) is -1.00. The van der Waals surface area contributed by atoms with Gasteiger partial charge in [0.2, 0.25) is 0 Å². The van der Waals surface area contributed by atoms with Gasteiger partial charge in [0.05, 0.1) is 12.0 Å². The third-order valence-corrected chi connectivity index (χ3v) is 1.88. The van der Waals surface area contributed by atoms with Gasteiger partial charge in [-0.3, -0.25) is 4.79 Å². The molecule has 0 fully saturated rings. The number of aryl methyl sites for hydroxylation is 1. The quantitative estimate of drug-likeness (QED) is 0.863. The van der Waals surface area contributed by atoms with Crippen LogP contribution in [0.5, 0.6) is 0 Å². The van der Waals surface area contributed by atoms with E-state index < -0.39 is 30.7 Å². The van der Waals surface area contributed by atoms with Crippen LogP contribution >= 0.6 is 0 Å². The molecule has 0 unspecified atom stereocenters. The lowest BCUT2D eigenvalue weighted by atomic mass is 10.2. The fourth-order valence-electron chi connectivity index (χ4n) is 1.07. The van der Waals surface area contributed by atoms with Crippen LogP contribution < -0.4 is 5.56 Å². The molecule has 1 N–H and O–H groups in total. The minimum atomic E-state index is -4.34. The van der Waals surface area contributed by atoms with Gasteiger partial charge in [-0.05, 0) is 6.07 Å². The second-order valence-electron chi connectivity index (χ2n) is 3.12. The number of pyridine rings is 1. The second kappa shape index (κ2) is 4.38. The first-order valence-electron chi connectivity index (χ1n) is 4.30. The summed E-state index contributed by atoms with van der Waals surface area (Å²) in [4.78, 5) is 21.6. The molecule has 7 heteroatoms. The highest BCUT2D eigenvalue weighted by Gasteiger charge is 2.26. The van der Waals surface area contributed by atoms with Gasteiger partial charge < -0.3 is 9.67 Å². The molecular weight excluding hydrogens is 227 g/mol. The molecule has 1 heterocycles. The molecule has 0 bridgehead atoms. The molecule has 1 aromatic rings. The Balaban J connectivity index is 2.84. The van der Waals surface area contributed by atoms with Crippen molar-refractivity contribution in [2.24, 2.45) is 0 Å². The van der Waals surface area contributed by atoms with Crippen molar-refractivity contribution in [3.8, 4) is 0 Å². The lowest BCUT2D eigenvalue weighted by Crippen LogP contribution is -2.23. The number of rotatable bonds is 3.